The summed E-state index contributed by atoms with van der Waals surface area (Å²) in [7, 11) is 0. The van der Waals surface area contributed by atoms with Crippen LogP contribution in [0.1, 0.15) is 19.8 Å². The van der Waals surface area contributed by atoms with Crippen LogP contribution in [0.4, 0.5) is 0 Å². The van der Waals surface area contributed by atoms with E-state index in [9.17, 15) is 19.5 Å². The van der Waals surface area contributed by atoms with Gasteiger partial charge in [0.05, 0.1) is 0 Å². The van der Waals surface area contributed by atoms with E-state index in [0.717, 1.165) is 0 Å². The summed E-state index contributed by atoms with van der Waals surface area (Å²) in [6.07, 6.45) is -2.66. The lowest BCUT2D eigenvalue weighted by molar-refractivity contribution is -0.152. The van der Waals surface area contributed by atoms with Crippen LogP contribution in [0.2, 0.25) is 0 Å². The predicted octanol–water partition coefficient (Wildman–Crippen LogP) is -2.09. The third kappa shape index (κ3) is 4.03. The van der Waals surface area contributed by atoms with Crippen molar-refractivity contribution in [3.63, 3.8) is 0 Å². The monoisotopic (exact) mass is 272 g/mol. The summed E-state index contributed by atoms with van der Waals surface area (Å²) in [5.74, 6) is 0.247. The van der Waals surface area contributed by atoms with Gasteiger partial charge in [0.2, 0.25) is 5.54 Å². The molecule has 106 valence electrons. The minimum Gasteiger partial charge on any atom is -0.480 e. The number of carbonyl (C=O) groups is 3. The van der Waals surface area contributed by atoms with Crippen LogP contribution < -0.4 is 11.5 Å². The van der Waals surface area contributed by atoms with E-state index in [-0.39, 0.29) is 6.42 Å². The zero-order valence-electron chi connectivity index (χ0n) is 10.3. The van der Waals surface area contributed by atoms with E-state index >= 15 is 0 Å². The van der Waals surface area contributed by atoms with Gasteiger partial charge < -0.3 is 26.8 Å². The minimum atomic E-state index is -2.60. The lowest BCUT2D eigenvalue weighted by atomic mass is 9.86. The first kappa shape index (κ1) is 17.1. The Morgan fingerprint density at radius 2 is 1.84 bits per heavy atom. The van der Waals surface area contributed by atoms with Crippen molar-refractivity contribution in [3.05, 3.63) is 0 Å². The zero-order valence-corrected chi connectivity index (χ0v) is 10.3. The lowest BCUT2D eigenvalue weighted by Gasteiger charge is -2.25. The standard InChI is InChI=1S/C11H16N2O6/c1-2-3-7(14)11(13,10(18)19)8(15)5-4-6(12)9(16)17/h6-7,14H,4-5,12-13H2,1H3,(H,16,17)(H,18,19)/t6-,7-,11-/m0/s1. The molecule has 0 aliphatic heterocycles. The highest BCUT2D eigenvalue weighted by molar-refractivity contribution is 6.08. The highest BCUT2D eigenvalue weighted by Gasteiger charge is 2.47. The van der Waals surface area contributed by atoms with Crippen molar-refractivity contribution < 1.29 is 29.7 Å². The maximum Gasteiger partial charge on any atom is 0.335 e. The topological polar surface area (TPSA) is 164 Å². The Labute approximate surface area is 109 Å². The molecule has 0 amide bonds. The Morgan fingerprint density at radius 3 is 2.21 bits per heavy atom. The van der Waals surface area contributed by atoms with E-state index in [4.69, 9.17) is 21.7 Å². The molecule has 0 unspecified atom stereocenters. The molecule has 0 aliphatic rings. The molecule has 8 nitrogen and oxygen atoms in total. The van der Waals surface area contributed by atoms with Crippen LogP contribution in [-0.2, 0) is 14.4 Å². The number of carboxylic acid groups (broad SMARTS) is 2. The second-order valence-corrected chi connectivity index (χ2v) is 3.88. The Bertz CT molecular complexity index is 438. The molecule has 0 radical (unpaired) electrons. The molecule has 0 aromatic rings. The molecule has 0 rings (SSSR count). The molecule has 19 heavy (non-hydrogen) atoms. The maximum atomic E-state index is 11.8. The van der Waals surface area contributed by atoms with E-state index in [1.807, 2.05) is 0 Å². The molecule has 0 heterocycles. The van der Waals surface area contributed by atoms with Crippen molar-refractivity contribution in [2.45, 2.75) is 37.5 Å². The first-order valence-corrected chi connectivity index (χ1v) is 5.32. The number of ketones is 1. The van der Waals surface area contributed by atoms with Gasteiger partial charge in [0.25, 0.3) is 0 Å². The molecule has 0 aromatic carbocycles. The molecule has 7 N–H and O–H groups in total. The van der Waals surface area contributed by atoms with Crippen molar-refractivity contribution in [2.24, 2.45) is 11.5 Å². The normalized spacial score (nSPS) is 16.4. The Hall–Kier alpha value is -1.95. The number of aliphatic hydroxyl groups excluding tert-OH is 1. The molecule has 0 aliphatic carbocycles. The molecule has 0 saturated heterocycles. The van der Waals surface area contributed by atoms with Crippen LogP contribution >= 0.6 is 0 Å². The van der Waals surface area contributed by atoms with Crippen LogP contribution in [0, 0.1) is 11.8 Å². The van der Waals surface area contributed by atoms with Gasteiger partial charge in [-0.15, -0.1) is 5.92 Å². The summed E-state index contributed by atoms with van der Waals surface area (Å²) >= 11 is 0. The van der Waals surface area contributed by atoms with Gasteiger partial charge in [-0.3, -0.25) is 9.59 Å². The molecular weight excluding hydrogens is 256 g/mol. The molecule has 0 spiro atoms. The maximum absolute atomic E-state index is 11.8. The van der Waals surface area contributed by atoms with Gasteiger partial charge in [-0.05, 0) is 13.3 Å². The highest BCUT2D eigenvalue weighted by Crippen LogP contribution is 2.14. The second-order valence-electron chi connectivity index (χ2n) is 3.88. The summed E-state index contributed by atoms with van der Waals surface area (Å²) in [5.41, 5.74) is 7.98. The summed E-state index contributed by atoms with van der Waals surface area (Å²) in [5, 5.41) is 27.0. The van der Waals surface area contributed by atoms with Crippen LogP contribution in [0.25, 0.3) is 0 Å². The second kappa shape index (κ2) is 6.84. The zero-order chi connectivity index (χ0) is 15.2. The van der Waals surface area contributed by atoms with Crippen molar-refractivity contribution >= 4 is 17.7 Å². The number of carboxylic acids is 2. The Morgan fingerprint density at radius 1 is 1.32 bits per heavy atom. The van der Waals surface area contributed by atoms with Crippen molar-refractivity contribution in [2.75, 3.05) is 0 Å². The van der Waals surface area contributed by atoms with Crippen molar-refractivity contribution in [1.29, 1.82) is 0 Å². The fourth-order valence-electron chi connectivity index (χ4n) is 1.26. The van der Waals surface area contributed by atoms with Gasteiger partial charge in [-0.1, -0.05) is 5.92 Å². The lowest BCUT2D eigenvalue weighted by Crippen LogP contribution is -2.62. The van der Waals surface area contributed by atoms with Gasteiger partial charge in [-0.2, -0.15) is 0 Å². The van der Waals surface area contributed by atoms with E-state index in [1.54, 1.807) is 0 Å². The fourth-order valence-corrected chi connectivity index (χ4v) is 1.26. The fraction of sp³-hybridized carbons (Fsp3) is 0.545. The van der Waals surface area contributed by atoms with Gasteiger partial charge in [0.1, 0.15) is 6.04 Å². The summed E-state index contributed by atoms with van der Waals surface area (Å²) in [4.78, 5) is 33.3. The predicted molar refractivity (Wildman–Crippen MR) is 63.9 cm³/mol. The molecule has 0 bridgehead atoms. The molecule has 3 atom stereocenters. The number of aliphatic carboxylic acids is 2. The van der Waals surface area contributed by atoms with Crippen molar-refractivity contribution in [3.8, 4) is 11.8 Å². The highest BCUT2D eigenvalue weighted by atomic mass is 16.4. The number of hydrogen-bond acceptors (Lipinski definition) is 6. The van der Waals surface area contributed by atoms with E-state index in [0.29, 0.717) is 0 Å². The largest absolute Gasteiger partial charge is 0.480 e. The average molecular weight is 272 g/mol. The van der Waals surface area contributed by atoms with Crippen LogP contribution in [0.5, 0.6) is 0 Å². The molecule has 8 heteroatoms. The Balaban J connectivity index is 4.99. The van der Waals surface area contributed by atoms with Gasteiger partial charge in [0.15, 0.2) is 11.9 Å². The number of rotatable bonds is 7. The number of hydrogen-bond donors (Lipinski definition) is 5. The van der Waals surface area contributed by atoms with Gasteiger partial charge in [-0.25, -0.2) is 4.79 Å². The minimum absolute atomic E-state index is 0.285. The third-order valence-electron chi connectivity index (χ3n) is 2.53. The number of aliphatic hydroxyl groups is 1. The number of Topliss-reactive ketones (excluding diaryl/α,β-unsaturated/α-hetero) is 1. The van der Waals surface area contributed by atoms with E-state index in [2.05, 4.69) is 11.8 Å². The van der Waals surface area contributed by atoms with Crippen LogP contribution in [0.15, 0.2) is 0 Å². The third-order valence-corrected chi connectivity index (χ3v) is 2.53. The molecule has 0 saturated carbocycles. The van der Waals surface area contributed by atoms with Crippen LogP contribution in [0.3, 0.4) is 0 Å². The summed E-state index contributed by atoms with van der Waals surface area (Å²) in [6, 6.07) is -1.31. The Kier molecular flexibility index (Phi) is 6.14. The molecule has 0 aromatic heterocycles. The molecular formula is C11H16N2O6. The van der Waals surface area contributed by atoms with E-state index < -0.39 is 41.8 Å². The number of nitrogens with two attached hydrogens (primary N) is 2. The molecule has 0 fully saturated rings. The van der Waals surface area contributed by atoms with Crippen LogP contribution in [-0.4, -0.2) is 50.7 Å². The number of carbonyl (C=O) groups excluding carboxylic acids is 1. The first-order chi connectivity index (χ1) is 8.67. The smallest absolute Gasteiger partial charge is 0.335 e. The van der Waals surface area contributed by atoms with Gasteiger partial charge in [0, 0.05) is 6.42 Å². The van der Waals surface area contributed by atoms with Crippen molar-refractivity contribution in [1.82, 2.24) is 0 Å². The first-order valence-electron chi connectivity index (χ1n) is 5.32. The van der Waals surface area contributed by atoms with Gasteiger partial charge >= 0.3 is 11.9 Å². The summed E-state index contributed by atoms with van der Waals surface area (Å²) in [6.45, 7) is 1.34. The van der Waals surface area contributed by atoms with E-state index in [1.165, 1.54) is 6.92 Å². The SMILES string of the molecule is CC#C[C@H](O)[C@@](N)(C(=O)O)C(=O)CC[C@H](N)C(=O)O. The quantitative estimate of drug-likeness (QED) is 0.260. The average Bonchev–Trinajstić information content (AvgIpc) is 2.33. The summed E-state index contributed by atoms with van der Waals surface area (Å²) < 4.78 is 0.